The van der Waals surface area contributed by atoms with E-state index in [1.165, 1.54) is 17.4 Å². The Morgan fingerprint density at radius 2 is 2.05 bits per heavy atom. The molecule has 0 saturated carbocycles. The van der Waals surface area contributed by atoms with Gasteiger partial charge in [0.05, 0.1) is 10.2 Å². The molecule has 2 saturated heterocycles. The number of hydrogen-bond donors (Lipinski definition) is 2. The number of carbonyl (C=O) groups is 1. The minimum absolute atomic E-state index is 0. The number of pyridine rings is 1. The van der Waals surface area contributed by atoms with E-state index in [2.05, 4.69) is 26.6 Å². The number of aromatic nitrogens is 1. The van der Waals surface area contributed by atoms with Gasteiger partial charge in [-0.15, -0.1) is 12.4 Å². The molecule has 22 heavy (non-hydrogen) atoms. The van der Waals surface area contributed by atoms with E-state index >= 15 is 0 Å². The lowest BCUT2D eigenvalue weighted by Gasteiger charge is -2.28. The summed E-state index contributed by atoms with van der Waals surface area (Å²) in [6.45, 7) is 0. The minimum Gasteiger partial charge on any atom is -0.325 e. The maximum Gasteiger partial charge on any atom is 0.264 e. The van der Waals surface area contributed by atoms with Crippen LogP contribution in [0.5, 0.6) is 0 Å². The summed E-state index contributed by atoms with van der Waals surface area (Å²) in [5.74, 6) is 0.506. The molecule has 2 bridgehead atoms. The molecule has 1 aromatic rings. The Labute approximate surface area is 144 Å². The third-order valence-corrected chi connectivity index (χ3v) is 5.04. The van der Waals surface area contributed by atoms with Crippen LogP contribution < -0.4 is 16.2 Å². The van der Waals surface area contributed by atoms with Crippen molar-refractivity contribution in [1.82, 2.24) is 9.88 Å². The smallest absolute Gasteiger partial charge is 0.264 e. The Morgan fingerprint density at radius 1 is 1.41 bits per heavy atom. The number of nitrogens with zero attached hydrogens (tertiary/aromatic N) is 1. The van der Waals surface area contributed by atoms with Crippen molar-refractivity contribution in [3.63, 3.8) is 0 Å². The van der Waals surface area contributed by atoms with Crippen LogP contribution in [0.15, 0.2) is 21.5 Å². The molecule has 2 fully saturated rings. The van der Waals surface area contributed by atoms with Crippen molar-refractivity contribution in [2.24, 2.45) is 13.0 Å². The SMILES string of the molecule is Cl.Cn1cc(NC(=O)CC2CC3CCC(C2)N3)cc(Br)c1=O. The van der Waals surface area contributed by atoms with Gasteiger partial charge in [-0.25, -0.2) is 0 Å². The first-order chi connectivity index (χ1) is 10.0. The van der Waals surface area contributed by atoms with Gasteiger partial charge >= 0.3 is 0 Å². The average Bonchev–Trinajstić information content (AvgIpc) is 2.75. The standard InChI is InChI=1S/C15H20BrN3O2.ClH/c1-19-8-12(7-13(16)15(19)21)18-14(20)6-9-4-10-2-3-11(5-9)17-10;/h7-11,17H,2-6H2,1H3,(H,18,20);1H. The van der Waals surface area contributed by atoms with E-state index in [4.69, 9.17) is 0 Å². The number of carbonyl (C=O) groups excluding carboxylic acids is 1. The molecule has 3 heterocycles. The number of amides is 1. The van der Waals surface area contributed by atoms with Gasteiger partial charge in [0, 0.05) is 31.7 Å². The average molecular weight is 391 g/mol. The lowest BCUT2D eigenvalue weighted by molar-refractivity contribution is -0.117. The first-order valence-electron chi connectivity index (χ1n) is 7.43. The van der Waals surface area contributed by atoms with Gasteiger partial charge in [-0.05, 0) is 53.6 Å². The van der Waals surface area contributed by atoms with Gasteiger partial charge in [-0.3, -0.25) is 9.59 Å². The highest BCUT2D eigenvalue weighted by Gasteiger charge is 2.34. The van der Waals surface area contributed by atoms with Crippen LogP contribution in [-0.4, -0.2) is 22.6 Å². The number of halogens is 2. The number of nitrogens with one attached hydrogen (secondary N) is 2. The molecule has 2 N–H and O–H groups in total. The van der Waals surface area contributed by atoms with Gasteiger partial charge in [0.1, 0.15) is 0 Å². The largest absolute Gasteiger partial charge is 0.325 e. The summed E-state index contributed by atoms with van der Waals surface area (Å²) in [4.78, 5) is 23.8. The summed E-state index contributed by atoms with van der Waals surface area (Å²) < 4.78 is 1.92. The Balaban J connectivity index is 0.00000176. The van der Waals surface area contributed by atoms with Crippen LogP contribution in [-0.2, 0) is 11.8 Å². The number of fused-ring (bicyclic) bond motifs is 2. The number of rotatable bonds is 3. The van der Waals surface area contributed by atoms with Crippen LogP contribution in [0.4, 0.5) is 5.69 Å². The molecule has 122 valence electrons. The van der Waals surface area contributed by atoms with Crippen LogP contribution in [0.25, 0.3) is 0 Å². The molecule has 0 aliphatic carbocycles. The fraction of sp³-hybridized carbons (Fsp3) is 0.600. The summed E-state index contributed by atoms with van der Waals surface area (Å²) in [6.07, 6.45) is 6.90. The highest BCUT2D eigenvalue weighted by molar-refractivity contribution is 9.10. The predicted octanol–water partition coefficient (Wildman–Crippen LogP) is 2.43. The Bertz CT molecular complexity index is 581. The van der Waals surface area contributed by atoms with Crippen LogP contribution in [0.1, 0.15) is 32.1 Å². The summed E-state index contributed by atoms with van der Waals surface area (Å²) in [7, 11) is 1.67. The number of piperidine rings is 1. The quantitative estimate of drug-likeness (QED) is 0.833. The van der Waals surface area contributed by atoms with E-state index < -0.39 is 0 Å². The normalized spacial score (nSPS) is 26.4. The lowest BCUT2D eigenvalue weighted by Crippen LogP contribution is -2.39. The minimum atomic E-state index is -0.108. The first-order valence-corrected chi connectivity index (χ1v) is 8.22. The summed E-state index contributed by atoms with van der Waals surface area (Å²) >= 11 is 3.22. The summed E-state index contributed by atoms with van der Waals surface area (Å²) in [5, 5.41) is 6.49. The van der Waals surface area contributed by atoms with E-state index in [1.807, 2.05) is 0 Å². The van der Waals surface area contributed by atoms with Gasteiger partial charge in [-0.2, -0.15) is 0 Å². The highest BCUT2D eigenvalue weighted by atomic mass is 79.9. The van der Waals surface area contributed by atoms with Crippen LogP contribution >= 0.6 is 28.3 Å². The van der Waals surface area contributed by atoms with Crippen molar-refractivity contribution in [1.29, 1.82) is 0 Å². The molecular weight excluding hydrogens is 370 g/mol. The van der Waals surface area contributed by atoms with Gasteiger partial charge in [0.2, 0.25) is 5.91 Å². The van der Waals surface area contributed by atoms with E-state index in [1.54, 1.807) is 19.3 Å². The van der Waals surface area contributed by atoms with Gasteiger partial charge in [0.25, 0.3) is 5.56 Å². The molecule has 2 aliphatic rings. The van der Waals surface area contributed by atoms with Crippen molar-refractivity contribution in [3.8, 4) is 0 Å². The number of anilines is 1. The molecule has 0 aromatic carbocycles. The maximum absolute atomic E-state index is 12.2. The second kappa shape index (κ2) is 7.15. The second-order valence-electron chi connectivity index (χ2n) is 6.22. The van der Waals surface area contributed by atoms with Crippen LogP contribution in [0.2, 0.25) is 0 Å². The molecule has 3 rings (SSSR count). The van der Waals surface area contributed by atoms with Crippen LogP contribution in [0.3, 0.4) is 0 Å². The van der Waals surface area contributed by atoms with Crippen LogP contribution in [0, 0.1) is 5.92 Å². The third-order valence-electron chi connectivity index (χ3n) is 4.47. The van der Waals surface area contributed by atoms with E-state index in [-0.39, 0.29) is 23.9 Å². The molecule has 1 amide bonds. The Hall–Kier alpha value is -0.850. The number of aryl methyl sites for hydroxylation is 1. The van der Waals surface area contributed by atoms with Gasteiger partial charge in [0.15, 0.2) is 0 Å². The fourth-order valence-electron chi connectivity index (χ4n) is 3.56. The fourth-order valence-corrected chi connectivity index (χ4v) is 4.08. The van der Waals surface area contributed by atoms with Gasteiger partial charge < -0.3 is 15.2 Å². The molecule has 0 spiro atoms. The number of hydrogen-bond acceptors (Lipinski definition) is 3. The topological polar surface area (TPSA) is 63.1 Å². The maximum atomic E-state index is 12.2. The molecule has 2 aliphatic heterocycles. The van der Waals surface area contributed by atoms with E-state index in [0.717, 1.165) is 12.8 Å². The molecule has 2 unspecified atom stereocenters. The molecule has 2 atom stereocenters. The van der Waals surface area contributed by atoms with Crippen molar-refractivity contribution >= 4 is 39.9 Å². The zero-order valence-corrected chi connectivity index (χ0v) is 14.9. The van der Waals surface area contributed by atoms with E-state index in [9.17, 15) is 9.59 Å². The molecule has 5 nitrogen and oxygen atoms in total. The summed E-state index contributed by atoms with van der Waals surface area (Å²) in [6, 6.07) is 2.87. The third kappa shape index (κ3) is 3.91. The van der Waals surface area contributed by atoms with E-state index in [0.29, 0.717) is 34.6 Å². The van der Waals surface area contributed by atoms with Crippen molar-refractivity contribution in [2.75, 3.05) is 5.32 Å². The lowest BCUT2D eigenvalue weighted by atomic mass is 9.89. The first kappa shape index (κ1) is 17.5. The predicted molar refractivity (Wildman–Crippen MR) is 92.5 cm³/mol. The summed E-state index contributed by atoms with van der Waals surface area (Å²) in [5.41, 5.74) is 0.550. The monoisotopic (exact) mass is 389 g/mol. The molecule has 0 radical (unpaired) electrons. The Morgan fingerprint density at radius 3 is 2.64 bits per heavy atom. The Kier molecular flexibility index (Phi) is 5.69. The van der Waals surface area contributed by atoms with Crippen molar-refractivity contribution < 1.29 is 4.79 Å². The molecular formula is C15H21BrClN3O2. The zero-order valence-electron chi connectivity index (χ0n) is 12.5. The van der Waals surface area contributed by atoms with Gasteiger partial charge in [-0.1, -0.05) is 0 Å². The van der Waals surface area contributed by atoms with Crippen molar-refractivity contribution in [2.45, 2.75) is 44.2 Å². The second-order valence-corrected chi connectivity index (χ2v) is 7.07. The molecule has 1 aromatic heterocycles. The van der Waals surface area contributed by atoms with Crippen molar-refractivity contribution in [3.05, 3.63) is 27.1 Å². The zero-order chi connectivity index (χ0) is 15.0. The molecule has 7 heteroatoms. The highest BCUT2D eigenvalue weighted by Crippen LogP contribution is 2.32.